The molecule has 0 saturated carbocycles. The molecule has 0 radical (unpaired) electrons. The Morgan fingerprint density at radius 1 is 1.19 bits per heavy atom. The zero-order chi connectivity index (χ0) is 25.7. The highest BCUT2D eigenvalue weighted by Gasteiger charge is 2.35. The molecule has 5 rings (SSSR count). The van der Waals surface area contributed by atoms with Crippen molar-refractivity contribution >= 4 is 63.8 Å². The Labute approximate surface area is 223 Å². The van der Waals surface area contributed by atoms with Crippen LogP contribution < -0.4 is 10.2 Å². The number of halogens is 1. The molecule has 0 bridgehead atoms. The second-order valence-corrected chi connectivity index (χ2v) is 10.9. The number of nitriles is 1. The molecule has 3 heterocycles. The lowest BCUT2D eigenvalue weighted by molar-refractivity contribution is -0.122. The van der Waals surface area contributed by atoms with Crippen LogP contribution in [0.2, 0.25) is 5.02 Å². The number of rotatable bonds is 3. The Hall–Kier alpha value is -3.25. The number of thiophene rings is 1. The normalized spacial score (nSPS) is 16.8. The zero-order valence-electron chi connectivity index (χ0n) is 20.1. The van der Waals surface area contributed by atoms with E-state index in [1.807, 2.05) is 19.9 Å². The van der Waals surface area contributed by atoms with Gasteiger partial charge in [0.05, 0.1) is 11.3 Å². The molecule has 2 aromatic heterocycles. The molecule has 1 N–H and O–H groups in total. The predicted octanol–water partition coefficient (Wildman–Crippen LogP) is 5.70. The highest BCUT2D eigenvalue weighted by molar-refractivity contribution is 7.80. The van der Waals surface area contributed by atoms with Crippen LogP contribution in [-0.4, -0.2) is 21.5 Å². The molecule has 2 amide bonds. The van der Waals surface area contributed by atoms with Gasteiger partial charge in [-0.3, -0.25) is 19.8 Å². The average Bonchev–Trinajstić information content (AvgIpc) is 3.34. The maximum absolute atomic E-state index is 13.5. The van der Waals surface area contributed by atoms with E-state index in [-0.39, 0.29) is 10.7 Å². The number of thiocarbonyl (C=S) groups is 1. The molecule has 3 aromatic rings. The van der Waals surface area contributed by atoms with Gasteiger partial charge in [-0.1, -0.05) is 17.7 Å². The maximum atomic E-state index is 13.5. The summed E-state index contributed by atoms with van der Waals surface area (Å²) in [5, 5.41) is 14.0. The molecule has 1 aromatic carbocycles. The molecule has 2 aliphatic rings. The molecule has 0 atom stereocenters. The van der Waals surface area contributed by atoms with E-state index in [1.165, 1.54) is 15.3 Å². The van der Waals surface area contributed by atoms with E-state index in [0.29, 0.717) is 16.3 Å². The van der Waals surface area contributed by atoms with Gasteiger partial charge in [0.15, 0.2) is 5.11 Å². The first-order chi connectivity index (χ1) is 17.2. The van der Waals surface area contributed by atoms with Crippen molar-refractivity contribution in [1.29, 1.82) is 5.26 Å². The van der Waals surface area contributed by atoms with Gasteiger partial charge in [0.1, 0.15) is 16.6 Å². The van der Waals surface area contributed by atoms with Crippen LogP contribution in [0.15, 0.2) is 29.8 Å². The number of carbonyl (C=O) groups is 2. The van der Waals surface area contributed by atoms with E-state index in [4.69, 9.17) is 23.8 Å². The number of amides is 2. The molecule has 1 aliphatic carbocycles. The Bertz CT molecular complexity index is 1540. The molecule has 0 unspecified atom stereocenters. The van der Waals surface area contributed by atoms with Crippen molar-refractivity contribution < 1.29 is 9.59 Å². The molecule has 0 spiro atoms. The molecule has 1 saturated heterocycles. The van der Waals surface area contributed by atoms with Crippen LogP contribution in [0.4, 0.5) is 5.69 Å². The summed E-state index contributed by atoms with van der Waals surface area (Å²) in [6.07, 6.45) is 5.77. The van der Waals surface area contributed by atoms with Gasteiger partial charge in [0.2, 0.25) is 0 Å². The number of aryl methyl sites for hydroxylation is 2. The highest BCUT2D eigenvalue weighted by atomic mass is 35.5. The molecular weight excluding hydrogens is 512 g/mol. The number of carbonyl (C=O) groups excluding carboxylic acids is 2. The molecule has 1 fully saturated rings. The van der Waals surface area contributed by atoms with Crippen molar-refractivity contribution in [2.24, 2.45) is 0 Å². The molecule has 9 heteroatoms. The number of nitrogens with zero attached hydrogens (tertiary/aromatic N) is 3. The van der Waals surface area contributed by atoms with Gasteiger partial charge in [-0.2, -0.15) is 5.26 Å². The van der Waals surface area contributed by atoms with Crippen LogP contribution in [0.3, 0.4) is 0 Å². The van der Waals surface area contributed by atoms with Gasteiger partial charge in [-0.25, -0.2) is 0 Å². The standard InChI is InChI=1S/C27H23ClN4O2S2/c1-14-11-17(16(3)31(14)26-20(13-29)18-7-4-5-10-23(18)36-26)12-19-24(33)30-27(35)32(25(19)34)22-9-6-8-21(28)15(22)2/h6,8-9,11-12H,4-5,7,10H2,1-3H3,(H,30,33,35)/b19-12+. The smallest absolute Gasteiger partial charge is 0.270 e. The minimum absolute atomic E-state index is 0.0146. The van der Waals surface area contributed by atoms with Crippen LogP contribution in [0.25, 0.3) is 11.1 Å². The molecular formula is C27H23ClN4O2S2. The molecule has 6 nitrogen and oxygen atoms in total. The van der Waals surface area contributed by atoms with Crippen molar-refractivity contribution in [3.05, 3.63) is 73.4 Å². The second-order valence-electron chi connectivity index (χ2n) is 9.01. The fraction of sp³-hybridized carbons (Fsp3) is 0.259. The summed E-state index contributed by atoms with van der Waals surface area (Å²) in [6, 6.07) is 9.58. The van der Waals surface area contributed by atoms with Crippen LogP contribution in [0.5, 0.6) is 0 Å². The third-order valence-corrected chi connectivity index (χ3v) is 8.79. The summed E-state index contributed by atoms with van der Waals surface area (Å²) in [6.45, 7) is 5.71. The summed E-state index contributed by atoms with van der Waals surface area (Å²) >= 11 is 13.3. The van der Waals surface area contributed by atoms with E-state index < -0.39 is 11.8 Å². The summed E-state index contributed by atoms with van der Waals surface area (Å²) in [7, 11) is 0. The Morgan fingerprint density at radius 2 is 1.94 bits per heavy atom. The third-order valence-electron chi connectivity index (χ3n) is 6.82. The van der Waals surface area contributed by atoms with Gasteiger partial charge in [-0.15, -0.1) is 11.3 Å². The van der Waals surface area contributed by atoms with Gasteiger partial charge < -0.3 is 4.57 Å². The van der Waals surface area contributed by atoms with Crippen molar-refractivity contribution in [3.63, 3.8) is 0 Å². The summed E-state index contributed by atoms with van der Waals surface area (Å²) in [5.41, 5.74) is 5.61. The van der Waals surface area contributed by atoms with Crippen LogP contribution >= 0.6 is 35.2 Å². The van der Waals surface area contributed by atoms with E-state index in [1.54, 1.807) is 42.5 Å². The summed E-state index contributed by atoms with van der Waals surface area (Å²) < 4.78 is 2.06. The quantitative estimate of drug-likeness (QED) is 0.265. The minimum atomic E-state index is -0.546. The predicted molar refractivity (Wildman–Crippen MR) is 147 cm³/mol. The second kappa shape index (κ2) is 9.32. The highest BCUT2D eigenvalue weighted by Crippen LogP contribution is 2.38. The lowest BCUT2D eigenvalue weighted by atomic mass is 9.96. The van der Waals surface area contributed by atoms with Crippen molar-refractivity contribution in [2.45, 2.75) is 46.5 Å². The number of anilines is 1. The molecule has 36 heavy (non-hydrogen) atoms. The minimum Gasteiger partial charge on any atom is -0.308 e. The Kier molecular flexibility index (Phi) is 6.33. The lowest BCUT2D eigenvalue weighted by Crippen LogP contribution is -2.54. The maximum Gasteiger partial charge on any atom is 0.270 e. The van der Waals surface area contributed by atoms with Crippen molar-refractivity contribution in [1.82, 2.24) is 9.88 Å². The monoisotopic (exact) mass is 534 g/mol. The van der Waals surface area contributed by atoms with E-state index in [2.05, 4.69) is 16.0 Å². The van der Waals surface area contributed by atoms with Crippen molar-refractivity contribution in [3.8, 4) is 11.1 Å². The first-order valence-electron chi connectivity index (χ1n) is 11.6. The van der Waals surface area contributed by atoms with Crippen LogP contribution in [0.1, 0.15) is 51.4 Å². The van der Waals surface area contributed by atoms with Gasteiger partial charge in [-0.05, 0) is 99.6 Å². The van der Waals surface area contributed by atoms with Crippen LogP contribution in [-0.2, 0) is 22.4 Å². The van der Waals surface area contributed by atoms with E-state index in [9.17, 15) is 14.9 Å². The molecule has 182 valence electrons. The van der Waals surface area contributed by atoms with E-state index >= 15 is 0 Å². The zero-order valence-corrected chi connectivity index (χ0v) is 22.5. The topological polar surface area (TPSA) is 78.1 Å². The average molecular weight is 535 g/mol. The first kappa shape index (κ1) is 24.4. The fourth-order valence-corrected chi connectivity index (χ4v) is 6.83. The summed E-state index contributed by atoms with van der Waals surface area (Å²) in [4.78, 5) is 29.0. The lowest BCUT2D eigenvalue weighted by Gasteiger charge is -2.30. The number of hydrogen-bond donors (Lipinski definition) is 1. The molecule has 1 aliphatic heterocycles. The first-order valence-corrected chi connectivity index (χ1v) is 13.2. The number of nitrogens with one attached hydrogen (secondary N) is 1. The van der Waals surface area contributed by atoms with Gasteiger partial charge >= 0.3 is 0 Å². The number of fused-ring (bicyclic) bond motifs is 1. The van der Waals surface area contributed by atoms with Crippen molar-refractivity contribution in [2.75, 3.05) is 4.90 Å². The van der Waals surface area contributed by atoms with Crippen LogP contribution in [0, 0.1) is 32.1 Å². The van der Waals surface area contributed by atoms with Gasteiger partial charge in [0, 0.05) is 21.3 Å². The Balaban J connectivity index is 1.59. The van der Waals surface area contributed by atoms with Gasteiger partial charge in [0.25, 0.3) is 11.8 Å². The Morgan fingerprint density at radius 3 is 2.69 bits per heavy atom. The third kappa shape index (κ3) is 3.88. The fourth-order valence-electron chi connectivity index (χ4n) is 4.94. The number of benzene rings is 1. The number of hydrogen-bond acceptors (Lipinski definition) is 5. The SMILES string of the molecule is Cc1c(Cl)cccc1N1C(=O)/C(=C/c2cc(C)n(-c3sc4c(c3C#N)CCCC4)c2C)C(=O)NC1=S. The number of aromatic nitrogens is 1. The van der Waals surface area contributed by atoms with E-state index in [0.717, 1.165) is 53.2 Å². The summed E-state index contributed by atoms with van der Waals surface area (Å²) in [5.74, 6) is -1.06. The largest absolute Gasteiger partial charge is 0.308 e.